The fraction of sp³-hybridized carbons (Fsp3) is 0.0769. The highest BCUT2D eigenvalue weighted by molar-refractivity contribution is 5.52. The first-order valence-electron chi connectivity index (χ1n) is 5.39. The second kappa shape index (κ2) is 5.14. The molecule has 0 aliphatic rings. The third-order valence-corrected chi connectivity index (χ3v) is 2.41. The van der Waals surface area contributed by atoms with Crippen molar-refractivity contribution in [3.05, 3.63) is 57.9 Å². The molecule has 0 amide bonds. The van der Waals surface area contributed by atoms with Crippen LogP contribution >= 0.6 is 0 Å². The molecule has 0 saturated heterocycles. The lowest BCUT2D eigenvalue weighted by molar-refractivity contribution is -0.385. The van der Waals surface area contributed by atoms with Gasteiger partial charge in [0.1, 0.15) is 23.1 Å². The lowest BCUT2D eigenvalue weighted by atomic mass is 10.2. The van der Waals surface area contributed by atoms with Gasteiger partial charge >= 0.3 is 0 Å². The Kier molecular flexibility index (Phi) is 3.39. The molecular formula is C13H9N3O3. The number of pyridine rings is 1. The van der Waals surface area contributed by atoms with Crippen molar-refractivity contribution in [1.29, 1.82) is 5.26 Å². The Morgan fingerprint density at radius 2 is 2.05 bits per heavy atom. The Balaban J connectivity index is 2.31. The van der Waals surface area contributed by atoms with Gasteiger partial charge in [0.15, 0.2) is 0 Å². The van der Waals surface area contributed by atoms with Gasteiger partial charge in [0.25, 0.3) is 5.69 Å². The van der Waals surface area contributed by atoms with Crippen LogP contribution in [0.15, 0.2) is 36.5 Å². The van der Waals surface area contributed by atoms with Gasteiger partial charge in [-0.1, -0.05) is 0 Å². The van der Waals surface area contributed by atoms with Gasteiger partial charge in [0.2, 0.25) is 0 Å². The normalized spacial score (nSPS) is 9.68. The van der Waals surface area contributed by atoms with Crippen molar-refractivity contribution < 1.29 is 9.66 Å². The van der Waals surface area contributed by atoms with Crippen LogP contribution in [0.5, 0.6) is 11.5 Å². The first kappa shape index (κ1) is 12.5. The molecule has 1 heterocycles. The number of aromatic nitrogens is 1. The van der Waals surface area contributed by atoms with Gasteiger partial charge in [0.05, 0.1) is 17.2 Å². The quantitative estimate of drug-likeness (QED) is 0.621. The molecule has 0 N–H and O–H groups in total. The van der Waals surface area contributed by atoms with Crippen molar-refractivity contribution in [2.75, 3.05) is 0 Å². The molecule has 1 aromatic carbocycles. The van der Waals surface area contributed by atoms with E-state index in [1.807, 2.05) is 6.92 Å². The molecule has 0 aliphatic carbocycles. The molecular weight excluding hydrogens is 246 g/mol. The molecule has 0 fully saturated rings. The number of nitro benzene ring substituents is 1. The Morgan fingerprint density at radius 3 is 2.63 bits per heavy atom. The second-order valence-corrected chi connectivity index (χ2v) is 3.79. The van der Waals surface area contributed by atoms with Crippen molar-refractivity contribution in [3.8, 4) is 17.6 Å². The topological polar surface area (TPSA) is 89.0 Å². The summed E-state index contributed by atoms with van der Waals surface area (Å²) in [6.45, 7) is 1.84. The minimum Gasteiger partial charge on any atom is -0.455 e. The van der Waals surface area contributed by atoms with Gasteiger partial charge in [-0.3, -0.25) is 15.1 Å². The fourth-order valence-electron chi connectivity index (χ4n) is 1.47. The summed E-state index contributed by atoms with van der Waals surface area (Å²) in [5, 5.41) is 19.6. The van der Waals surface area contributed by atoms with Crippen LogP contribution in [0.3, 0.4) is 0 Å². The van der Waals surface area contributed by atoms with Gasteiger partial charge in [-0.2, -0.15) is 5.26 Å². The van der Waals surface area contributed by atoms with Crippen LogP contribution in [0.25, 0.3) is 0 Å². The van der Waals surface area contributed by atoms with E-state index in [1.54, 1.807) is 18.2 Å². The van der Waals surface area contributed by atoms with Crippen molar-refractivity contribution in [3.63, 3.8) is 0 Å². The predicted octanol–water partition coefficient (Wildman–Crippen LogP) is 2.96. The van der Waals surface area contributed by atoms with Gasteiger partial charge in [-0.25, -0.2) is 0 Å². The smallest absolute Gasteiger partial charge is 0.290 e. The van der Waals surface area contributed by atoms with E-state index in [2.05, 4.69) is 4.98 Å². The van der Waals surface area contributed by atoms with Gasteiger partial charge < -0.3 is 4.74 Å². The molecule has 0 bridgehead atoms. The Morgan fingerprint density at radius 1 is 1.32 bits per heavy atom. The molecule has 0 radical (unpaired) electrons. The monoisotopic (exact) mass is 255 g/mol. The van der Waals surface area contributed by atoms with Gasteiger partial charge in [-0.15, -0.1) is 0 Å². The average molecular weight is 255 g/mol. The van der Waals surface area contributed by atoms with Gasteiger partial charge in [0, 0.05) is 5.69 Å². The van der Waals surface area contributed by atoms with E-state index in [0.29, 0.717) is 5.75 Å². The number of hydrogen-bond acceptors (Lipinski definition) is 5. The zero-order valence-corrected chi connectivity index (χ0v) is 10.0. The first-order chi connectivity index (χ1) is 9.10. The Bertz CT molecular complexity index is 660. The molecule has 0 atom stereocenters. The fourth-order valence-corrected chi connectivity index (χ4v) is 1.47. The van der Waals surface area contributed by atoms with Crippen molar-refractivity contribution in [2.24, 2.45) is 0 Å². The number of nitrogens with zero attached hydrogens (tertiary/aromatic N) is 3. The van der Waals surface area contributed by atoms with Crippen LogP contribution in [0, 0.1) is 28.4 Å². The van der Waals surface area contributed by atoms with E-state index in [9.17, 15) is 10.1 Å². The molecule has 0 spiro atoms. The number of nitro groups is 1. The van der Waals surface area contributed by atoms with E-state index in [-0.39, 0.29) is 17.0 Å². The number of aryl methyl sites for hydroxylation is 1. The number of benzene rings is 1. The molecule has 6 nitrogen and oxygen atoms in total. The summed E-state index contributed by atoms with van der Waals surface area (Å²) >= 11 is 0. The zero-order valence-electron chi connectivity index (χ0n) is 10.0. The lowest BCUT2D eigenvalue weighted by Gasteiger charge is -2.05. The largest absolute Gasteiger partial charge is 0.455 e. The predicted molar refractivity (Wildman–Crippen MR) is 66.9 cm³/mol. The minimum atomic E-state index is -0.612. The maximum Gasteiger partial charge on any atom is 0.290 e. The summed E-state index contributed by atoms with van der Waals surface area (Å²) in [7, 11) is 0. The summed E-state index contributed by atoms with van der Waals surface area (Å²) in [4.78, 5) is 14.3. The molecule has 0 saturated carbocycles. The van der Waals surface area contributed by atoms with Crippen LogP contribution < -0.4 is 4.74 Å². The summed E-state index contributed by atoms with van der Waals surface area (Å²) in [6, 6.07) is 9.33. The summed E-state index contributed by atoms with van der Waals surface area (Å²) in [5.74, 6) is 0.765. The van der Waals surface area contributed by atoms with Crippen molar-refractivity contribution >= 4 is 5.69 Å². The van der Waals surface area contributed by atoms with Crippen LogP contribution in [0.1, 0.15) is 11.3 Å². The standard InChI is InChI=1S/C13H9N3O3/c1-9-2-4-12(8-15-9)19-11-5-3-10(7-14)13(6-11)16(17)18/h2-6,8H,1H3. The lowest BCUT2D eigenvalue weighted by Crippen LogP contribution is -1.94. The van der Waals surface area contributed by atoms with E-state index < -0.39 is 4.92 Å². The molecule has 94 valence electrons. The van der Waals surface area contributed by atoms with Crippen LogP contribution in [0.4, 0.5) is 5.69 Å². The maximum absolute atomic E-state index is 10.8. The molecule has 19 heavy (non-hydrogen) atoms. The van der Waals surface area contributed by atoms with Crippen molar-refractivity contribution in [2.45, 2.75) is 6.92 Å². The van der Waals surface area contributed by atoms with E-state index >= 15 is 0 Å². The van der Waals surface area contributed by atoms with Crippen LogP contribution in [-0.2, 0) is 0 Å². The number of hydrogen-bond donors (Lipinski definition) is 0. The molecule has 2 aromatic rings. The Labute approximate surface area is 109 Å². The number of rotatable bonds is 3. The van der Waals surface area contributed by atoms with E-state index in [0.717, 1.165) is 5.69 Å². The maximum atomic E-state index is 10.8. The second-order valence-electron chi connectivity index (χ2n) is 3.79. The highest BCUT2D eigenvalue weighted by atomic mass is 16.6. The zero-order chi connectivity index (χ0) is 13.8. The summed E-state index contributed by atoms with van der Waals surface area (Å²) in [6.07, 6.45) is 1.53. The van der Waals surface area contributed by atoms with Crippen molar-refractivity contribution in [1.82, 2.24) is 4.98 Å². The molecule has 0 unspecified atom stereocenters. The van der Waals surface area contributed by atoms with Gasteiger partial charge in [-0.05, 0) is 31.2 Å². The molecule has 2 rings (SSSR count). The van der Waals surface area contributed by atoms with Crippen LogP contribution in [-0.4, -0.2) is 9.91 Å². The SMILES string of the molecule is Cc1ccc(Oc2ccc(C#N)c([N+](=O)[O-])c2)cn1. The first-order valence-corrected chi connectivity index (χ1v) is 5.39. The minimum absolute atomic E-state index is 0.000573. The van der Waals surface area contributed by atoms with Crippen LogP contribution in [0.2, 0.25) is 0 Å². The molecule has 0 aliphatic heterocycles. The molecule has 6 heteroatoms. The summed E-state index contributed by atoms with van der Waals surface area (Å²) < 4.78 is 5.45. The third kappa shape index (κ3) is 2.84. The van der Waals surface area contributed by atoms with E-state index in [1.165, 1.54) is 24.4 Å². The third-order valence-electron chi connectivity index (χ3n) is 2.41. The highest BCUT2D eigenvalue weighted by Crippen LogP contribution is 2.27. The average Bonchev–Trinajstić information content (AvgIpc) is 2.41. The highest BCUT2D eigenvalue weighted by Gasteiger charge is 2.15. The molecule has 1 aromatic heterocycles. The van der Waals surface area contributed by atoms with E-state index in [4.69, 9.17) is 10.00 Å². The Hall–Kier alpha value is -2.94. The summed E-state index contributed by atoms with van der Waals surface area (Å²) in [5.41, 5.74) is 0.567. The number of nitriles is 1. The number of ether oxygens (including phenoxy) is 1.